The van der Waals surface area contributed by atoms with Gasteiger partial charge in [-0.2, -0.15) is 0 Å². The Morgan fingerprint density at radius 2 is 0.983 bits per heavy atom. The molecule has 4 aliphatic carbocycles. The standard InChI is InChI=1S/C56H48N2/c1-4-39-15-25-48(26-16-39)57(46-11-7-5-8-12-46)49-27-29-52-53-30-28-50(58(47-13-9-6-10-14-47)51-31-37(2)38(3)32-51)36-55(53)56(54(52)35-49,44-23-21-40-17-19-42(40)33-44)45-24-22-41-18-20-43(41)34-45/h5-16,21-37H,4,17-20H2,1-3H3. The maximum absolute atomic E-state index is 2.55. The van der Waals surface area contributed by atoms with E-state index in [-0.39, 0.29) is 0 Å². The van der Waals surface area contributed by atoms with Gasteiger partial charge in [0, 0.05) is 34.1 Å². The molecular weight excluding hydrogens is 701 g/mol. The van der Waals surface area contributed by atoms with Crippen molar-refractivity contribution in [3.63, 3.8) is 0 Å². The van der Waals surface area contributed by atoms with Crippen molar-refractivity contribution in [1.82, 2.24) is 0 Å². The lowest BCUT2D eigenvalue weighted by Gasteiger charge is -2.38. The first kappa shape index (κ1) is 34.8. The summed E-state index contributed by atoms with van der Waals surface area (Å²) >= 11 is 0. The lowest BCUT2D eigenvalue weighted by molar-refractivity contribution is 0.740. The number of aryl methyl sites for hydroxylation is 5. The van der Waals surface area contributed by atoms with Crippen LogP contribution in [0.1, 0.15) is 70.8 Å². The van der Waals surface area contributed by atoms with Gasteiger partial charge in [-0.05, 0) is 173 Å². The van der Waals surface area contributed by atoms with Crippen LogP contribution in [-0.2, 0) is 37.5 Å². The Balaban J connectivity index is 1.19. The smallest absolute Gasteiger partial charge is 0.0715 e. The molecule has 0 heterocycles. The van der Waals surface area contributed by atoms with Gasteiger partial charge in [-0.1, -0.05) is 123 Å². The molecule has 0 bridgehead atoms. The van der Waals surface area contributed by atoms with Crippen molar-refractivity contribution in [1.29, 1.82) is 0 Å². The number of rotatable bonds is 9. The van der Waals surface area contributed by atoms with Gasteiger partial charge in [0.15, 0.2) is 0 Å². The zero-order valence-electron chi connectivity index (χ0n) is 33.7. The first-order valence-electron chi connectivity index (χ1n) is 21.2. The average molecular weight is 749 g/mol. The number of benzene rings is 7. The van der Waals surface area contributed by atoms with E-state index >= 15 is 0 Å². The molecule has 4 aliphatic rings. The van der Waals surface area contributed by atoms with Gasteiger partial charge < -0.3 is 9.80 Å². The summed E-state index contributed by atoms with van der Waals surface area (Å²) in [7, 11) is 0. The zero-order valence-corrected chi connectivity index (χ0v) is 33.7. The first-order chi connectivity index (χ1) is 28.5. The Morgan fingerprint density at radius 3 is 1.45 bits per heavy atom. The molecule has 7 aromatic carbocycles. The van der Waals surface area contributed by atoms with Crippen LogP contribution in [0, 0.1) is 5.92 Å². The molecule has 11 rings (SSSR count). The van der Waals surface area contributed by atoms with Crippen LogP contribution < -0.4 is 9.80 Å². The van der Waals surface area contributed by atoms with Gasteiger partial charge in [-0.15, -0.1) is 0 Å². The van der Waals surface area contributed by atoms with E-state index < -0.39 is 5.41 Å². The maximum atomic E-state index is 2.55. The highest BCUT2D eigenvalue weighted by atomic mass is 15.2. The lowest BCUT2D eigenvalue weighted by atomic mass is 9.65. The number of hydrogen-bond donors (Lipinski definition) is 0. The number of anilines is 5. The molecule has 2 nitrogen and oxygen atoms in total. The Morgan fingerprint density at radius 1 is 0.500 bits per heavy atom. The van der Waals surface area contributed by atoms with Crippen LogP contribution in [0.15, 0.2) is 181 Å². The Labute approximate surface area is 343 Å². The molecule has 0 radical (unpaired) electrons. The molecule has 0 saturated heterocycles. The molecule has 0 saturated carbocycles. The molecule has 282 valence electrons. The van der Waals surface area contributed by atoms with Crippen molar-refractivity contribution in [2.45, 2.75) is 58.3 Å². The topological polar surface area (TPSA) is 6.48 Å². The molecule has 7 aromatic rings. The molecule has 2 heteroatoms. The van der Waals surface area contributed by atoms with E-state index in [2.05, 4.69) is 200 Å². The van der Waals surface area contributed by atoms with Gasteiger partial charge in [0.2, 0.25) is 0 Å². The van der Waals surface area contributed by atoms with E-state index in [1.165, 1.54) is 83.8 Å². The van der Waals surface area contributed by atoms with E-state index in [4.69, 9.17) is 0 Å². The molecule has 1 unspecified atom stereocenters. The van der Waals surface area contributed by atoms with Gasteiger partial charge >= 0.3 is 0 Å². The third-order valence-corrected chi connectivity index (χ3v) is 13.6. The minimum absolute atomic E-state index is 0.396. The van der Waals surface area contributed by atoms with Crippen molar-refractivity contribution >= 4 is 28.4 Å². The Hall–Kier alpha value is -6.38. The van der Waals surface area contributed by atoms with Gasteiger partial charge in [-0.3, -0.25) is 0 Å². The number of para-hydroxylation sites is 2. The van der Waals surface area contributed by atoms with Gasteiger partial charge in [-0.25, -0.2) is 0 Å². The molecule has 0 amide bonds. The van der Waals surface area contributed by atoms with Crippen molar-refractivity contribution < 1.29 is 0 Å². The van der Waals surface area contributed by atoms with E-state index in [1.807, 2.05) is 0 Å². The SMILES string of the molecule is CCc1ccc(N(c2ccccc2)c2ccc3c(c2)C(c2ccc4c(c2)CC4)(c2ccc4c(c2)CC4)c2cc(N(C4=CC(C)C(C)=C4)c4ccccc4)ccc2-3)cc1. The average Bonchev–Trinajstić information content (AvgIpc) is 3.72. The fraction of sp³-hybridized carbons (Fsp3) is 0.179. The van der Waals surface area contributed by atoms with Crippen molar-refractivity contribution in [3.8, 4) is 11.1 Å². The van der Waals surface area contributed by atoms with Crippen molar-refractivity contribution in [2.75, 3.05) is 9.80 Å². The van der Waals surface area contributed by atoms with Gasteiger partial charge in [0.05, 0.1) is 5.41 Å². The van der Waals surface area contributed by atoms with E-state index in [9.17, 15) is 0 Å². The first-order valence-corrected chi connectivity index (χ1v) is 21.2. The summed E-state index contributed by atoms with van der Waals surface area (Å²) in [6.07, 6.45) is 10.4. The maximum Gasteiger partial charge on any atom is 0.0715 e. The summed E-state index contributed by atoms with van der Waals surface area (Å²) in [6.45, 7) is 6.79. The van der Waals surface area contributed by atoms with Crippen LogP contribution in [-0.4, -0.2) is 0 Å². The molecule has 0 spiro atoms. The van der Waals surface area contributed by atoms with Crippen LogP contribution in [0.5, 0.6) is 0 Å². The van der Waals surface area contributed by atoms with Crippen LogP contribution in [0.25, 0.3) is 11.1 Å². The van der Waals surface area contributed by atoms with Crippen molar-refractivity contribution in [3.05, 3.63) is 231 Å². The summed E-state index contributed by atoms with van der Waals surface area (Å²) in [5.74, 6) is 0.396. The normalized spacial score (nSPS) is 16.5. The highest BCUT2D eigenvalue weighted by Crippen LogP contribution is 2.59. The van der Waals surface area contributed by atoms with Crippen LogP contribution >= 0.6 is 0 Å². The number of allylic oxidation sites excluding steroid dienone is 3. The summed E-state index contributed by atoms with van der Waals surface area (Å²) in [5, 5.41) is 0. The van der Waals surface area contributed by atoms with Crippen LogP contribution in [0.4, 0.5) is 28.4 Å². The summed E-state index contributed by atoms with van der Waals surface area (Å²) in [6, 6.07) is 60.3. The fourth-order valence-electron chi connectivity index (χ4n) is 10.1. The monoisotopic (exact) mass is 748 g/mol. The molecule has 0 aliphatic heterocycles. The highest BCUT2D eigenvalue weighted by Gasteiger charge is 2.48. The molecule has 0 N–H and O–H groups in total. The Bertz CT molecular complexity index is 2730. The predicted molar refractivity (Wildman–Crippen MR) is 242 cm³/mol. The van der Waals surface area contributed by atoms with Gasteiger partial charge in [0.25, 0.3) is 0 Å². The number of nitrogens with zero attached hydrogens (tertiary/aromatic N) is 2. The molecule has 0 aromatic heterocycles. The fourth-order valence-corrected chi connectivity index (χ4v) is 10.1. The van der Waals surface area contributed by atoms with Crippen LogP contribution in [0.2, 0.25) is 0 Å². The lowest BCUT2D eigenvalue weighted by Crippen LogP contribution is -2.31. The third-order valence-electron chi connectivity index (χ3n) is 13.6. The van der Waals surface area contributed by atoms with E-state index in [0.29, 0.717) is 5.92 Å². The molecule has 0 fully saturated rings. The second kappa shape index (κ2) is 13.6. The highest BCUT2D eigenvalue weighted by molar-refractivity contribution is 5.91. The second-order valence-corrected chi connectivity index (χ2v) is 16.8. The minimum Gasteiger partial charge on any atom is -0.311 e. The number of hydrogen-bond acceptors (Lipinski definition) is 2. The summed E-state index contributed by atoms with van der Waals surface area (Å²) in [5.41, 5.74) is 23.2. The third kappa shape index (κ3) is 5.38. The largest absolute Gasteiger partial charge is 0.311 e. The molecular formula is C56H48N2. The quantitative estimate of drug-likeness (QED) is 0.145. The summed E-state index contributed by atoms with van der Waals surface area (Å²) < 4.78 is 0. The minimum atomic E-state index is -0.536. The van der Waals surface area contributed by atoms with Gasteiger partial charge in [0.1, 0.15) is 0 Å². The van der Waals surface area contributed by atoms with E-state index in [0.717, 1.165) is 49.2 Å². The number of fused-ring (bicyclic) bond motifs is 5. The van der Waals surface area contributed by atoms with E-state index in [1.54, 1.807) is 0 Å². The predicted octanol–water partition coefficient (Wildman–Crippen LogP) is 13.9. The Kier molecular flexibility index (Phi) is 8.19. The van der Waals surface area contributed by atoms with Crippen LogP contribution in [0.3, 0.4) is 0 Å². The molecule has 58 heavy (non-hydrogen) atoms. The van der Waals surface area contributed by atoms with Crippen molar-refractivity contribution in [2.24, 2.45) is 5.92 Å². The zero-order chi connectivity index (χ0) is 39.0. The second-order valence-electron chi connectivity index (χ2n) is 16.8. The summed E-state index contributed by atoms with van der Waals surface area (Å²) in [4.78, 5) is 4.91. The molecule has 1 atom stereocenters.